The number of non-ortho nitro benzene ring substituents is 1. The predicted molar refractivity (Wildman–Crippen MR) is 97.7 cm³/mol. The molecule has 9 nitrogen and oxygen atoms in total. The highest BCUT2D eigenvalue weighted by Gasteiger charge is 2.23. The lowest BCUT2D eigenvalue weighted by molar-refractivity contribution is -0.384. The number of H-pyrrole nitrogens is 1. The summed E-state index contributed by atoms with van der Waals surface area (Å²) < 4.78 is 5.15. The lowest BCUT2D eigenvalue weighted by Gasteiger charge is -2.13. The first-order valence-corrected chi connectivity index (χ1v) is 8.13. The topological polar surface area (TPSA) is 127 Å². The minimum absolute atomic E-state index is 0.00521. The zero-order valence-electron chi connectivity index (χ0n) is 13.9. The van der Waals surface area contributed by atoms with Crippen LogP contribution in [0.4, 0.5) is 11.4 Å². The molecular formula is C17H13ClN4O5. The van der Waals surface area contributed by atoms with E-state index in [4.69, 9.17) is 16.3 Å². The molecule has 0 spiro atoms. The van der Waals surface area contributed by atoms with Gasteiger partial charge in [0.1, 0.15) is 0 Å². The molecule has 0 aliphatic carbocycles. The molecule has 1 heterocycles. The van der Waals surface area contributed by atoms with Crippen LogP contribution in [0.25, 0.3) is 10.9 Å². The molecular weight excluding hydrogens is 376 g/mol. The maximum atomic E-state index is 12.3. The molecule has 1 aromatic heterocycles. The first kappa shape index (κ1) is 18.3. The van der Waals surface area contributed by atoms with Crippen LogP contribution in [0, 0.1) is 10.1 Å². The second-order valence-corrected chi connectivity index (χ2v) is 5.98. The number of rotatable bonds is 5. The summed E-state index contributed by atoms with van der Waals surface area (Å²) in [6, 6.07) is 10.6. The van der Waals surface area contributed by atoms with Crippen LogP contribution < -0.4 is 5.32 Å². The number of nitro benzene ring substituents is 1. The highest BCUT2D eigenvalue weighted by molar-refractivity contribution is 6.34. The van der Waals surface area contributed by atoms with Gasteiger partial charge in [-0.25, -0.2) is 4.79 Å². The highest BCUT2D eigenvalue weighted by atomic mass is 35.5. The molecule has 1 atom stereocenters. The van der Waals surface area contributed by atoms with Crippen molar-refractivity contribution in [1.29, 1.82) is 0 Å². The normalized spacial score (nSPS) is 11.8. The van der Waals surface area contributed by atoms with Crippen LogP contribution in [0.2, 0.25) is 5.02 Å². The number of nitrogens with zero attached hydrogens (tertiary/aromatic N) is 2. The molecule has 10 heteroatoms. The Balaban J connectivity index is 1.69. The van der Waals surface area contributed by atoms with Gasteiger partial charge in [-0.1, -0.05) is 29.8 Å². The Morgan fingerprint density at radius 2 is 2.04 bits per heavy atom. The number of para-hydroxylation sites is 1. The molecule has 0 saturated carbocycles. The molecule has 2 aromatic carbocycles. The number of aromatic amines is 1. The van der Waals surface area contributed by atoms with Crippen molar-refractivity contribution in [2.24, 2.45) is 0 Å². The van der Waals surface area contributed by atoms with Crippen molar-refractivity contribution in [1.82, 2.24) is 10.2 Å². The largest absolute Gasteiger partial charge is 0.448 e. The third kappa shape index (κ3) is 3.87. The van der Waals surface area contributed by atoms with E-state index in [9.17, 15) is 19.7 Å². The molecule has 0 radical (unpaired) electrons. The Morgan fingerprint density at radius 1 is 1.30 bits per heavy atom. The monoisotopic (exact) mass is 388 g/mol. The minimum Gasteiger partial charge on any atom is -0.448 e. The highest BCUT2D eigenvalue weighted by Crippen LogP contribution is 2.27. The van der Waals surface area contributed by atoms with Crippen LogP contribution in [0.15, 0.2) is 42.5 Å². The van der Waals surface area contributed by atoms with Gasteiger partial charge >= 0.3 is 5.97 Å². The van der Waals surface area contributed by atoms with Crippen LogP contribution in [-0.4, -0.2) is 33.1 Å². The van der Waals surface area contributed by atoms with E-state index < -0.39 is 22.9 Å². The summed E-state index contributed by atoms with van der Waals surface area (Å²) in [6.07, 6.45) is -1.14. The molecule has 0 fully saturated rings. The predicted octanol–water partition coefficient (Wildman–Crippen LogP) is 3.31. The van der Waals surface area contributed by atoms with Crippen LogP contribution in [-0.2, 0) is 9.53 Å². The quantitative estimate of drug-likeness (QED) is 0.392. The summed E-state index contributed by atoms with van der Waals surface area (Å²) in [6.45, 7) is 1.39. The maximum Gasteiger partial charge on any atom is 0.360 e. The summed E-state index contributed by atoms with van der Waals surface area (Å²) >= 11 is 5.93. The lowest BCUT2D eigenvalue weighted by Crippen LogP contribution is -2.30. The summed E-state index contributed by atoms with van der Waals surface area (Å²) in [7, 11) is 0. The first-order chi connectivity index (χ1) is 12.9. The fourth-order valence-corrected chi connectivity index (χ4v) is 2.56. The Bertz CT molecular complexity index is 1050. The number of fused-ring (bicyclic) bond motifs is 1. The van der Waals surface area contributed by atoms with Crippen molar-refractivity contribution >= 4 is 45.8 Å². The molecule has 3 rings (SSSR count). The standard InChI is InChI=1S/C17H13ClN4O5/c1-9(16(23)19-14-7-6-10(22(25)26)8-12(14)18)27-17(24)15-11-4-2-3-5-13(11)20-21-15/h2-9H,1H3,(H,19,23)(H,20,21). The molecule has 3 aromatic rings. The van der Waals surface area contributed by atoms with Gasteiger partial charge in [0, 0.05) is 17.5 Å². The summed E-state index contributed by atoms with van der Waals surface area (Å²) in [5.74, 6) is -1.40. The van der Waals surface area contributed by atoms with Crippen LogP contribution >= 0.6 is 11.6 Å². The summed E-state index contributed by atoms with van der Waals surface area (Å²) in [5.41, 5.74) is 0.695. The average Bonchev–Trinajstić information content (AvgIpc) is 3.07. The van der Waals surface area contributed by atoms with E-state index in [1.807, 2.05) is 0 Å². The molecule has 0 saturated heterocycles. The second-order valence-electron chi connectivity index (χ2n) is 5.58. The van der Waals surface area contributed by atoms with Crippen molar-refractivity contribution in [3.63, 3.8) is 0 Å². The lowest BCUT2D eigenvalue weighted by atomic mass is 10.2. The number of esters is 1. The number of nitrogens with one attached hydrogen (secondary N) is 2. The number of carbonyl (C=O) groups excluding carboxylic acids is 2. The number of anilines is 1. The smallest absolute Gasteiger partial charge is 0.360 e. The van der Waals surface area contributed by atoms with E-state index in [1.54, 1.807) is 24.3 Å². The van der Waals surface area contributed by atoms with Gasteiger partial charge in [0.2, 0.25) is 0 Å². The van der Waals surface area contributed by atoms with Gasteiger partial charge in [0.05, 0.1) is 21.2 Å². The number of aromatic nitrogens is 2. The van der Waals surface area contributed by atoms with Crippen molar-refractivity contribution in [3.8, 4) is 0 Å². The molecule has 0 bridgehead atoms. The fraction of sp³-hybridized carbons (Fsp3) is 0.118. The third-order valence-electron chi connectivity index (χ3n) is 3.74. The Hall–Kier alpha value is -3.46. The van der Waals surface area contributed by atoms with E-state index in [1.165, 1.54) is 19.1 Å². The number of halogens is 1. The van der Waals surface area contributed by atoms with Gasteiger partial charge < -0.3 is 10.1 Å². The van der Waals surface area contributed by atoms with E-state index in [0.29, 0.717) is 10.9 Å². The van der Waals surface area contributed by atoms with E-state index in [2.05, 4.69) is 15.5 Å². The van der Waals surface area contributed by atoms with Crippen molar-refractivity contribution in [2.75, 3.05) is 5.32 Å². The molecule has 2 N–H and O–H groups in total. The Kier molecular flexibility index (Phi) is 5.04. The van der Waals surface area contributed by atoms with E-state index >= 15 is 0 Å². The SMILES string of the molecule is CC(OC(=O)c1n[nH]c2ccccc12)C(=O)Nc1ccc([N+](=O)[O-])cc1Cl. The van der Waals surface area contributed by atoms with E-state index in [0.717, 1.165) is 6.07 Å². The van der Waals surface area contributed by atoms with Crippen LogP contribution in [0.5, 0.6) is 0 Å². The fourth-order valence-electron chi connectivity index (χ4n) is 2.34. The van der Waals surface area contributed by atoms with Crippen molar-refractivity contribution in [2.45, 2.75) is 13.0 Å². The van der Waals surface area contributed by atoms with Gasteiger partial charge in [-0.3, -0.25) is 20.0 Å². The minimum atomic E-state index is -1.14. The van der Waals surface area contributed by atoms with Crippen molar-refractivity contribution in [3.05, 3.63) is 63.3 Å². The van der Waals surface area contributed by atoms with Gasteiger partial charge in [-0.2, -0.15) is 5.10 Å². The zero-order chi connectivity index (χ0) is 19.6. The number of benzene rings is 2. The number of ether oxygens (including phenoxy) is 1. The van der Waals surface area contributed by atoms with Crippen LogP contribution in [0.3, 0.4) is 0 Å². The van der Waals surface area contributed by atoms with Gasteiger partial charge in [-0.05, 0) is 19.1 Å². The maximum absolute atomic E-state index is 12.3. The van der Waals surface area contributed by atoms with Gasteiger partial charge in [0.15, 0.2) is 11.8 Å². The molecule has 1 unspecified atom stereocenters. The first-order valence-electron chi connectivity index (χ1n) is 7.75. The van der Waals surface area contributed by atoms with Crippen LogP contribution in [0.1, 0.15) is 17.4 Å². The number of hydrogen-bond donors (Lipinski definition) is 2. The number of carbonyl (C=O) groups is 2. The number of hydrogen-bond acceptors (Lipinski definition) is 6. The Labute approximate surface area is 157 Å². The van der Waals surface area contributed by atoms with Gasteiger partial charge in [-0.15, -0.1) is 0 Å². The number of amides is 1. The summed E-state index contributed by atoms with van der Waals surface area (Å²) in [5, 5.41) is 20.4. The average molecular weight is 389 g/mol. The molecule has 27 heavy (non-hydrogen) atoms. The Morgan fingerprint density at radius 3 is 2.74 bits per heavy atom. The zero-order valence-corrected chi connectivity index (χ0v) is 14.7. The second kappa shape index (κ2) is 7.42. The van der Waals surface area contributed by atoms with Crippen molar-refractivity contribution < 1.29 is 19.2 Å². The number of nitro groups is 1. The molecule has 0 aliphatic rings. The van der Waals surface area contributed by atoms with E-state index in [-0.39, 0.29) is 22.1 Å². The molecule has 1 amide bonds. The van der Waals surface area contributed by atoms with Gasteiger partial charge in [0.25, 0.3) is 11.6 Å². The third-order valence-corrected chi connectivity index (χ3v) is 4.05. The molecule has 0 aliphatic heterocycles. The molecule has 138 valence electrons. The summed E-state index contributed by atoms with van der Waals surface area (Å²) in [4.78, 5) is 34.6.